The largest absolute Gasteiger partial charge is 0.457 e. The third-order valence-corrected chi connectivity index (χ3v) is 6.08. The molecule has 2 aromatic heterocycles. The molecule has 2 atom stereocenters. The normalized spacial score (nSPS) is 12.4. The molecule has 2 heterocycles. The van der Waals surface area contributed by atoms with Crippen LogP contribution in [0.3, 0.4) is 0 Å². The van der Waals surface area contributed by atoms with Crippen LogP contribution in [0.1, 0.15) is 42.4 Å². The second kappa shape index (κ2) is 13.6. The first kappa shape index (κ1) is 29.3. The van der Waals surface area contributed by atoms with E-state index in [9.17, 15) is 24.2 Å². The first-order valence-electron chi connectivity index (χ1n) is 13.1. The summed E-state index contributed by atoms with van der Waals surface area (Å²) in [6.45, 7) is 3.34. The van der Waals surface area contributed by atoms with Gasteiger partial charge in [-0.3, -0.25) is 14.6 Å². The van der Waals surface area contributed by atoms with Gasteiger partial charge in [-0.1, -0.05) is 19.9 Å². The van der Waals surface area contributed by atoms with Crippen molar-refractivity contribution in [3.05, 3.63) is 102 Å². The van der Waals surface area contributed by atoms with Crippen LogP contribution in [0.4, 0.5) is 10.2 Å². The van der Waals surface area contributed by atoms with E-state index in [0.717, 1.165) is 0 Å². The highest BCUT2D eigenvalue weighted by Crippen LogP contribution is 2.28. The average molecular weight is 559 g/mol. The lowest BCUT2D eigenvalue weighted by Crippen LogP contribution is -2.45. The van der Waals surface area contributed by atoms with Crippen molar-refractivity contribution >= 4 is 17.6 Å². The van der Waals surface area contributed by atoms with Gasteiger partial charge in [0, 0.05) is 11.8 Å². The van der Waals surface area contributed by atoms with Crippen molar-refractivity contribution in [2.75, 3.05) is 11.9 Å². The number of halogens is 1. The number of aromatic nitrogens is 2. The van der Waals surface area contributed by atoms with Crippen LogP contribution in [0.2, 0.25) is 0 Å². The summed E-state index contributed by atoms with van der Waals surface area (Å²) in [4.78, 5) is 34.6. The SMILES string of the molecule is CC(C)C[C@H](NC(=O)c1ccccn1)C(=O)Nc1cc([C@H](O)CO)cc(-c2ccc(Oc3ccc(F)cc3)cc2)n1. The fraction of sp³-hybridized carbons (Fsp3) is 0.226. The average Bonchev–Trinajstić information content (AvgIpc) is 2.98. The molecule has 0 spiro atoms. The lowest BCUT2D eigenvalue weighted by molar-refractivity contribution is -0.118. The van der Waals surface area contributed by atoms with Crippen LogP contribution in [0.25, 0.3) is 11.3 Å². The number of benzene rings is 2. The molecule has 4 aromatic rings. The summed E-state index contributed by atoms with van der Waals surface area (Å²) in [5, 5.41) is 25.4. The molecule has 4 rings (SSSR count). The number of nitrogens with one attached hydrogen (secondary N) is 2. The molecule has 41 heavy (non-hydrogen) atoms. The number of amides is 2. The van der Waals surface area contributed by atoms with Gasteiger partial charge in [0.25, 0.3) is 5.91 Å². The highest BCUT2D eigenvalue weighted by atomic mass is 19.1. The Bertz CT molecular complexity index is 1460. The van der Waals surface area contributed by atoms with Gasteiger partial charge in [-0.05, 0) is 90.7 Å². The maximum Gasteiger partial charge on any atom is 0.270 e. The summed E-state index contributed by atoms with van der Waals surface area (Å²) in [6.07, 6.45) is 0.659. The standard InChI is InChI=1S/C31H31FN4O5/c1-19(2)15-27(35-30(39)25-5-3-4-14-33-25)31(40)36-29-17-21(28(38)18-37)16-26(34-29)20-6-10-23(11-7-20)41-24-12-8-22(32)9-13-24/h3-14,16-17,19,27-28,37-38H,15,18H2,1-2H3,(H,35,39)(H,34,36,40)/t27-,28+/m0/s1. The fourth-order valence-corrected chi connectivity index (χ4v) is 4.04. The van der Waals surface area contributed by atoms with Gasteiger partial charge in [-0.25, -0.2) is 9.37 Å². The van der Waals surface area contributed by atoms with E-state index in [-0.39, 0.29) is 23.2 Å². The number of hydrogen-bond acceptors (Lipinski definition) is 7. The number of nitrogens with zero attached hydrogens (tertiary/aromatic N) is 2. The topological polar surface area (TPSA) is 134 Å². The van der Waals surface area contributed by atoms with Crippen molar-refractivity contribution in [1.29, 1.82) is 0 Å². The van der Waals surface area contributed by atoms with Gasteiger partial charge in [-0.2, -0.15) is 0 Å². The number of carbonyl (C=O) groups excluding carboxylic acids is 2. The minimum absolute atomic E-state index is 0.0940. The van der Waals surface area contributed by atoms with E-state index in [4.69, 9.17) is 4.74 Å². The quantitative estimate of drug-likeness (QED) is 0.206. The van der Waals surface area contributed by atoms with Crippen molar-refractivity contribution in [3.63, 3.8) is 0 Å². The number of ether oxygens (including phenoxy) is 1. The summed E-state index contributed by atoms with van der Waals surface area (Å²) in [7, 11) is 0. The Morgan fingerprint density at radius 2 is 1.66 bits per heavy atom. The van der Waals surface area contributed by atoms with Gasteiger partial charge in [0.05, 0.1) is 12.3 Å². The third kappa shape index (κ3) is 8.17. The Hall–Kier alpha value is -4.67. The number of aliphatic hydroxyl groups excluding tert-OH is 2. The molecule has 2 amide bonds. The van der Waals surface area contributed by atoms with Crippen LogP contribution in [0.5, 0.6) is 11.5 Å². The van der Waals surface area contributed by atoms with Crippen molar-refractivity contribution in [3.8, 4) is 22.8 Å². The molecule has 0 bridgehead atoms. The lowest BCUT2D eigenvalue weighted by Gasteiger charge is -2.20. The molecule has 0 unspecified atom stereocenters. The first-order valence-corrected chi connectivity index (χ1v) is 13.1. The van der Waals surface area contributed by atoms with E-state index in [1.807, 2.05) is 13.8 Å². The van der Waals surface area contributed by atoms with Gasteiger partial charge in [-0.15, -0.1) is 0 Å². The number of pyridine rings is 2. The van der Waals surface area contributed by atoms with E-state index < -0.39 is 30.6 Å². The maximum absolute atomic E-state index is 13.3. The van der Waals surface area contributed by atoms with E-state index in [2.05, 4.69) is 20.6 Å². The number of hydrogen-bond donors (Lipinski definition) is 4. The Morgan fingerprint density at radius 1 is 0.976 bits per heavy atom. The molecule has 4 N–H and O–H groups in total. The number of aliphatic hydroxyl groups is 2. The summed E-state index contributed by atoms with van der Waals surface area (Å²) in [5.41, 5.74) is 1.62. The summed E-state index contributed by atoms with van der Waals surface area (Å²) in [5.74, 6) is -0.105. The predicted molar refractivity (Wildman–Crippen MR) is 152 cm³/mol. The minimum atomic E-state index is -1.20. The van der Waals surface area contributed by atoms with E-state index >= 15 is 0 Å². The molecule has 0 aliphatic rings. The molecule has 9 nitrogen and oxygen atoms in total. The number of rotatable bonds is 11. The van der Waals surface area contributed by atoms with Crippen molar-refractivity contribution in [1.82, 2.24) is 15.3 Å². The first-order chi connectivity index (χ1) is 19.7. The van der Waals surface area contributed by atoms with Crippen LogP contribution in [-0.2, 0) is 4.79 Å². The van der Waals surface area contributed by atoms with Crippen molar-refractivity contribution in [2.45, 2.75) is 32.4 Å². The minimum Gasteiger partial charge on any atom is -0.457 e. The van der Waals surface area contributed by atoms with E-state index in [1.165, 1.54) is 36.5 Å². The number of anilines is 1. The van der Waals surface area contributed by atoms with Gasteiger partial charge in [0.1, 0.15) is 41.0 Å². The molecular formula is C31H31FN4O5. The fourth-order valence-electron chi connectivity index (χ4n) is 4.04. The molecule has 10 heteroatoms. The van der Waals surface area contributed by atoms with Crippen LogP contribution in [-0.4, -0.2) is 44.6 Å². The maximum atomic E-state index is 13.3. The van der Waals surface area contributed by atoms with Gasteiger partial charge >= 0.3 is 0 Å². The molecule has 0 aliphatic carbocycles. The Labute approximate surface area is 237 Å². The summed E-state index contributed by atoms with van der Waals surface area (Å²) >= 11 is 0. The Balaban J connectivity index is 1.56. The lowest BCUT2D eigenvalue weighted by atomic mass is 10.0. The summed E-state index contributed by atoms with van der Waals surface area (Å²) in [6, 6.07) is 19.7. The highest BCUT2D eigenvalue weighted by molar-refractivity contribution is 6.00. The Morgan fingerprint density at radius 3 is 2.27 bits per heavy atom. The van der Waals surface area contributed by atoms with Crippen LogP contribution >= 0.6 is 0 Å². The molecular weight excluding hydrogens is 527 g/mol. The predicted octanol–water partition coefficient (Wildman–Crippen LogP) is 4.88. The monoisotopic (exact) mass is 558 g/mol. The molecule has 212 valence electrons. The second-order valence-electron chi connectivity index (χ2n) is 9.81. The zero-order valence-electron chi connectivity index (χ0n) is 22.6. The number of carbonyl (C=O) groups is 2. The third-order valence-electron chi connectivity index (χ3n) is 6.08. The van der Waals surface area contributed by atoms with E-state index in [1.54, 1.807) is 48.5 Å². The molecule has 0 fully saturated rings. The van der Waals surface area contributed by atoms with E-state index in [0.29, 0.717) is 34.7 Å². The van der Waals surface area contributed by atoms with Crippen LogP contribution in [0, 0.1) is 11.7 Å². The zero-order valence-corrected chi connectivity index (χ0v) is 22.6. The van der Waals surface area contributed by atoms with Crippen molar-refractivity contribution < 1.29 is 28.9 Å². The zero-order chi connectivity index (χ0) is 29.4. The van der Waals surface area contributed by atoms with Gasteiger partial charge in [0.2, 0.25) is 5.91 Å². The molecule has 0 saturated carbocycles. The molecule has 0 radical (unpaired) electrons. The van der Waals surface area contributed by atoms with Crippen LogP contribution < -0.4 is 15.4 Å². The highest BCUT2D eigenvalue weighted by Gasteiger charge is 2.24. The van der Waals surface area contributed by atoms with Gasteiger partial charge < -0.3 is 25.6 Å². The van der Waals surface area contributed by atoms with Gasteiger partial charge in [0.15, 0.2) is 0 Å². The van der Waals surface area contributed by atoms with Crippen LogP contribution in [0.15, 0.2) is 85.1 Å². The second-order valence-corrected chi connectivity index (χ2v) is 9.81. The molecule has 0 saturated heterocycles. The Kier molecular flexibility index (Phi) is 9.73. The molecule has 0 aliphatic heterocycles. The smallest absolute Gasteiger partial charge is 0.270 e. The molecule has 2 aromatic carbocycles. The van der Waals surface area contributed by atoms with Crippen molar-refractivity contribution in [2.24, 2.45) is 5.92 Å². The summed E-state index contributed by atoms with van der Waals surface area (Å²) < 4.78 is 18.9.